The number of nitrogens with zero attached hydrogens (tertiary/aromatic N) is 1. The number of rotatable bonds is 7. The Kier molecular flexibility index (Phi) is 7.41. The fraction of sp³-hybridized carbons (Fsp3) is 0.167. The molecule has 0 spiro atoms. The van der Waals surface area contributed by atoms with Gasteiger partial charge >= 0.3 is 0 Å². The molecule has 3 aromatic rings. The lowest BCUT2D eigenvalue weighted by Crippen LogP contribution is -2.20. The summed E-state index contributed by atoms with van der Waals surface area (Å²) in [5.74, 6) is 0.658. The third-order valence-electron chi connectivity index (χ3n) is 4.45. The Hall–Kier alpha value is -2.67. The highest BCUT2D eigenvalue weighted by atomic mass is 127. The van der Waals surface area contributed by atoms with E-state index in [4.69, 9.17) is 4.74 Å². The number of amides is 1. The van der Waals surface area contributed by atoms with Crippen LogP contribution in [0.4, 0.5) is 0 Å². The Morgan fingerprint density at radius 1 is 1.03 bits per heavy atom. The molecule has 1 N–H and O–H groups in total. The second-order valence-corrected chi connectivity index (χ2v) is 8.13. The Balaban J connectivity index is 1.47. The average molecular weight is 498 g/mol. The average Bonchev–Trinajstić information content (AvgIpc) is 2.71. The van der Waals surface area contributed by atoms with Crippen molar-refractivity contribution in [2.75, 3.05) is 0 Å². The maximum Gasteiger partial charge on any atom is 0.244 e. The first kappa shape index (κ1) is 21.0. The molecule has 0 fully saturated rings. The van der Waals surface area contributed by atoms with Gasteiger partial charge in [-0.3, -0.25) is 4.79 Å². The van der Waals surface area contributed by atoms with E-state index in [1.54, 1.807) is 6.21 Å². The van der Waals surface area contributed by atoms with E-state index in [9.17, 15) is 4.79 Å². The van der Waals surface area contributed by atoms with Crippen LogP contribution in [0.2, 0.25) is 0 Å². The molecule has 148 valence electrons. The molecule has 0 bridgehead atoms. The molecule has 1 amide bonds. The van der Waals surface area contributed by atoms with E-state index < -0.39 is 0 Å². The number of carbonyl (C=O) groups excluding carboxylic acids is 1. The summed E-state index contributed by atoms with van der Waals surface area (Å²) in [5.41, 5.74) is 7.92. The van der Waals surface area contributed by atoms with Gasteiger partial charge < -0.3 is 4.74 Å². The number of carbonyl (C=O) groups is 1. The first-order chi connectivity index (χ1) is 14.0. The van der Waals surface area contributed by atoms with Crippen molar-refractivity contribution in [3.63, 3.8) is 0 Å². The Morgan fingerprint density at radius 3 is 2.45 bits per heavy atom. The lowest BCUT2D eigenvalue weighted by atomic mass is 10.0. The molecule has 5 heteroatoms. The van der Waals surface area contributed by atoms with Crippen molar-refractivity contribution in [3.05, 3.63) is 98.1 Å². The predicted octanol–water partition coefficient (Wildman–Crippen LogP) is 5.18. The number of hydrazone groups is 1. The zero-order valence-corrected chi connectivity index (χ0v) is 18.6. The minimum absolute atomic E-state index is 0.134. The fourth-order valence-corrected chi connectivity index (χ4v) is 3.19. The van der Waals surface area contributed by atoms with Crippen LogP contribution in [0.3, 0.4) is 0 Å². The van der Waals surface area contributed by atoms with Gasteiger partial charge in [-0.15, -0.1) is 0 Å². The number of hydrogen-bond donors (Lipinski definition) is 1. The molecule has 4 nitrogen and oxygen atoms in total. The van der Waals surface area contributed by atoms with E-state index in [0.717, 1.165) is 28.0 Å². The summed E-state index contributed by atoms with van der Waals surface area (Å²) in [6.45, 7) is 4.58. The van der Waals surface area contributed by atoms with Gasteiger partial charge in [0.25, 0.3) is 0 Å². The predicted molar refractivity (Wildman–Crippen MR) is 125 cm³/mol. The maximum absolute atomic E-state index is 12.1. The lowest BCUT2D eigenvalue weighted by Gasteiger charge is -2.07. The second kappa shape index (κ2) is 10.2. The quantitative estimate of drug-likeness (QED) is 0.277. The summed E-state index contributed by atoms with van der Waals surface area (Å²) in [4.78, 5) is 12.1. The first-order valence-corrected chi connectivity index (χ1v) is 10.4. The molecular formula is C24H23IN2O2. The smallest absolute Gasteiger partial charge is 0.244 e. The van der Waals surface area contributed by atoms with Crippen LogP contribution in [0.15, 0.2) is 71.8 Å². The van der Waals surface area contributed by atoms with Crippen LogP contribution >= 0.6 is 22.6 Å². The summed E-state index contributed by atoms with van der Waals surface area (Å²) >= 11 is 2.28. The fourth-order valence-electron chi connectivity index (χ4n) is 2.83. The SMILES string of the molecule is Cc1ccc(CC(=O)N/N=C/c2ccc(OCc3ccc(I)cc3)cc2)c(C)c1. The van der Waals surface area contributed by atoms with Gasteiger partial charge in [0.1, 0.15) is 12.4 Å². The summed E-state index contributed by atoms with van der Waals surface area (Å²) in [6, 6.07) is 21.9. The molecule has 29 heavy (non-hydrogen) atoms. The molecule has 0 aliphatic heterocycles. The highest BCUT2D eigenvalue weighted by Crippen LogP contribution is 2.15. The topological polar surface area (TPSA) is 50.7 Å². The van der Waals surface area contributed by atoms with Crippen molar-refractivity contribution < 1.29 is 9.53 Å². The van der Waals surface area contributed by atoms with E-state index in [-0.39, 0.29) is 5.91 Å². The van der Waals surface area contributed by atoms with E-state index in [1.807, 2.05) is 50.2 Å². The lowest BCUT2D eigenvalue weighted by molar-refractivity contribution is -0.120. The van der Waals surface area contributed by atoms with Crippen LogP contribution in [0.5, 0.6) is 5.75 Å². The maximum atomic E-state index is 12.1. The van der Waals surface area contributed by atoms with Crippen LogP contribution in [0, 0.1) is 17.4 Å². The Bertz CT molecular complexity index is 996. The minimum Gasteiger partial charge on any atom is -0.489 e. The summed E-state index contributed by atoms with van der Waals surface area (Å²) in [7, 11) is 0. The van der Waals surface area contributed by atoms with Crippen molar-refractivity contribution in [1.82, 2.24) is 5.43 Å². The minimum atomic E-state index is -0.134. The standard InChI is InChI=1S/C24H23IN2O2/c1-17-3-8-21(18(2)13-17)14-24(28)27-26-15-19-6-11-23(12-7-19)29-16-20-4-9-22(25)10-5-20/h3-13,15H,14,16H2,1-2H3,(H,27,28)/b26-15+. The van der Waals surface area contributed by atoms with Gasteiger partial charge in [0.05, 0.1) is 12.6 Å². The number of halogens is 1. The monoisotopic (exact) mass is 498 g/mol. The third-order valence-corrected chi connectivity index (χ3v) is 5.17. The molecule has 0 aromatic heterocycles. The van der Waals surface area contributed by atoms with Crippen molar-refractivity contribution in [2.24, 2.45) is 5.10 Å². The molecule has 0 heterocycles. The molecule has 0 saturated heterocycles. The molecule has 0 unspecified atom stereocenters. The molecule has 0 atom stereocenters. The number of ether oxygens (including phenoxy) is 1. The van der Waals surface area contributed by atoms with E-state index in [0.29, 0.717) is 13.0 Å². The number of nitrogens with one attached hydrogen (secondary N) is 1. The molecule has 3 aromatic carbocycles. The molecular weight excluding hydrogens is 475 g/mol. The van der Waals surface area contributed by atoms with Gasteiger partial charge in [-0.25, -0.2) is 5.43 Å². The molecule has 3 rings (SSSR count). The highest BCUT2D eigenvalue weighted by Gasteiger charge is 2.05. The number of hydrogen-bond acceptors (Lipinski definition) is 3. The summed E-state index contributed by atoms with van der Waals surface area (Å²) < 4.78 is 7.00. The van der Waals surface area contributed by atoms with Crippen molar-refractivity contribution >= 4 is 34.7 Å². The summed E-state index contributed by atoms with van der Waals surface area (Å²) in [5, 5.41) is 4.05. The van der Waals surface area contributed by atoms with Gasteiger partial charge in [-0.2, -0.15) is 5.10 Å². The van der Waals surface area contributed by atoms with Crippen molar-refractivity contribution in [1.29, 1.82) is 0 Å². The van der Waals surface area contributed by atoms with Gasteiger partial charge in [-0.05, 0) is 95.1 Å². The van der Waals surface area contributed by atoms with Crippen LogP contribution in [-0.4, -0.2) is 12.1 Å². The molecule has 0 radical (unpaired) electrons. The normalized spacial score (nSPS) is 10.9. The van der Waals surface area contributed by atoms with Gasteiger partial charge in [0.2, 0.25) is 5.91 Å². The van der Waals surface area contributed by atoms with E-state index in [1.165, 1.54) is 9.13 Å². The molecule has 0 aliphatic carbocycles. The number of benzene rings is 3. The van der Waals surface area contributed by atoms with E-state index >= 15 is 0 Å². The molecule has 0 saturated carbocycles. The number of aryl methyl sites for hydroxylation is 2. The highest BCUT2D eigenvalue weighted by molar-refractivity contribution is 14.1. The largest absolute Gasteiger partial charge is 0.489 e. The Labute approximate surface area is 185 Å². The van der Waals surface area contributed by atoms with E-state index in [2.05, 4.69) is 63.4 Å². The second-order valence-electron chi connectivity index (χ2n) is 6.88. The Morgan fingerprint density at radius 2 is 1.76 bits per heavy atom. The molecule has 0 aliphatic rings. The zero-order chi connectivity index (χ0) is 20.6. The van der Waals surface area contributed by atoms with Gasteiger partial charge in [-0.1, -0.05) is 35.9 Å². The van der Waals surface area contributed by atoms with Crippen LogP contribution < -0.4 is 10.2 Å². The van der Waals surface area contributed by atoms with Crippen molar-refractivity contribution in [3.8, 4) is 5.75 Å². The first-order valence-electron chi connectivity index (χ1n) is 9.35. The third kappa shape index (κ3) is 6.71. The van der Waals surface area contributed by atoms with Crippen LogP contribution in [0.1, 0.15) is 27.8 Å². The van der Waals surface area contributed by atoms with Gasteiger partial charge in [0.15, 0.2) is 0 Å². The van der Waals surface area contributed by atoms with Crippen LogP contribution in [-0.2, 0) is 17.8 Å². The van der Waals surface area contributed by atoms with Crippen LogP contribution in [0.25, 0.3) is 0 Å². The zero-order valence-electron chi connectivity index (χ0n) is 16.5. The summed E-state index contributed by atoms with van der Waals surface area (Å²) in [6.07, 6.45) is 1.94. The van der Waals surface area contributed by atoms with Gasteiger partial charge in [0, 0.05) is 3.57 Å². The van der Waals surface area contributed by atoms with Crippen molar-refractivity contribution in [2.45, 2.75) is 26.9 Å².